The minimum Gasteiger partial charge on any atom is -0.395 e. The standard InChI is InChI=1S/C13H16N2O.ClH/c14-12(10-16)8-11-4-3-5-13(9-11)15-6-1-2-7-15;/h1-7,9,12,16H,8,10,14H2;1H. The average molecular weight is 253 g/mol. The molecule has 0 spiro atoms. The molecular formula is C13H17ClN2O. The molecule has 1 aromatic carbocycles. The van der Waals surface area contributed by atoms with Crippen LogP contribution in [0.4, 0.5) is 0 Å². The second-order valence-corrected chi connectivity index (χ2v) is 3.91. The van der Waals surface area contributed by atoms with E-state index in [1.807, 2.05) is 47.3 Å². The first-order valence-electron chi connectivity index (χ1n) is 5.38. The van der Waals surface area contributed by atoms with Crippen molar-refractivity contribution in [2.24, 2.45) is 5.73 Å². The Hall–Kier alpha value is -1.29. The van der Waals surface area contributed by atoms with Gasteiger partial charge >= 0.3 is 0 Å². The molecule has 1 aromatic heterocycles. The molecule has 3 N–H and O–H groups in total. The number of aliphatic hydroxyl groups excluding tert-OH is 1. The highest BCUT2D eigenvalue weighted by Crippen LogP contribution is 2.12. The zero-order valence-electron chi connectivity index (χ0n) is 9.49. The molecule has 92 valence electrons. The lowest BCUT2D eigenvalue weighted by molar-refractivity contribution is 0.265. The van der Waals surface area contributed by atoms with Crippen LogP contribution in [0.15, 0.2) is 48.8 Å². The van der Waals surface area contributed by atoms with E-state index in [1.165, 1.54) is 0 Å². The molecular weight excluding hydrogens is 236 g/mol. The minimum absolute atomic E-state index is 0. The zero-order chi connectivity index (χ0) is 11.4. The molecule has 0 aliphatic carbocycles. The Morgan fingerprint density at radius 3 is 2.53 bits per heavy atom. The van der Waals surface area contributed by atoms with E-state index >= 15 is 0 Å². The topological polar surface area (TPSA) is 51.2 Å². The van der Waals surface area contributed by atoms with Crippen molar-refractivity contribution in [3.05, 3.63) is 54.4 Å². The molecule has 17 heavy (non-hydrogen) atoms. The van der Waals surface area contributed by atoms with Crippen molar-refractivity contribution in [1.29, 1.82) is 0 Å². The largest absolute Gasteiger partial charge is 0.395 e. The average Bonchev–Trinajstić information content (AvgIpc) is 2.83. The van der Waals surface area contributed by atoms with Crippen LogP contribution in [0.1, 0.15) is 5.56 Å². The summed E-state index contributed by atoms with van der Waals surface area (Å²) in [6, 6.07) is 12.0. The fourth-order valence-corrected chi connectivity index (χ4v) is 1.72. The minimum atomic E-state index is -0.181. The molecule has 0 saturated heterocycles. The Bertz CT molecular complexity index is 442. The number of nitrogens with zero attached hydrogens (tertiary/aromatic N) is 1. The summed E-state index contributed by atoms with van der Waals surface area (Å²) in [5, 5.41) is 8.92. The van der Waals surface area contributed by atoms with Crippen molar-refractivity contribution in [2.45, 2.75) is 12.5 Å². The number of hydrogen-bond acceptors (Lipinski definition) is 2. The Labute approximate surface area is 107 Å². The van der Waals surface area contributed by atoms with Gasteiger partial charge in [-0.2, -0.15) is 0 Å². The van der Waals surface area contributed by atoms with Gasteiger partial charge in [-0.15, -0.1) is 12.4 Å². The first kappa shape index (κ1) is 13.8. The third kappa shape index (κ3) is 3.60. The van der Waals surface area contributed by atoms with Gasteiger partial charge in [0, 0.05) is 24.1 Å². The molecule has 3 nitrogen and oxygen atoms in total. The van der Waals surface area contributed by atoms with Crippen LogP contribution in [0.25, 0.3) is 5.69 Å². The van der Waals surface area contributed by atoms with Crippen molar-refractivity contribution in [3.63, 3.8) is 0 Å². The molecule has 4 heteroatoms. The molecule has 0 amide bonds. The van der Waals surface area contributed by atoms with Crippen LogP contribution in [0.2, 0.25) is 0 Å². The highest BCUT2D eigenvalue weighted by Gasteiger charge is 2.03. The number of aromatic nitrogens is 1. The van der Waals surface area contributed by atoms with Gasteiger partial charge in [0.15, 0.2) is 0 Å². The second kappa shape index (κ2) is 6.45. The highest BCUT2D eigenvalue weighted by molar-refractivity contribution is 5.85. The van der Waals surface area contributed by atoms with Crippen molar-refractivity contribution >= 4 is 12.4 Å². The summed E-state index contributed by atoms with van der Waals surface area (Å²) in [5.74, 6) is 0. The molecule has 1 unspecified atom stereocenters. The van der Waals surface area contributed by atoms with Gasteiger partial charge in [-0.05, 0) is 36.2 Å². The molecule has 2 rings (SSSR count). The molecule has 0 saturated carbocycles. The SMILES string of the molecule is Cl.NC(CO)Cc1cccc(-n2cccc2)c1. The van der Waals surface area contributed by atoms with Crippen LogP contribution in [-0.4, -0.2) is 22.3 Å². The second-order valence-electron chi connectivity index (χ2n) is 3.91. The van der Waals surface area contributed by atoms with E-state index in [1.54, 1.807) is 0 Å². The maximum Gasteiger partial charge on any atom is 0.0585 e. The predicted octanol–water partition coefficient (Wildman–Crippen LogP) is 1.76. The van der Waals surface area contributed by atoms with Crippen LogP contribution < -0.4 is 5.73 Å². The molecule has 2 aromatic rings. The molecule has 0 fully saturated rings. The molecule has 0 bridgehead atoms. The van der Waals surface area contributed by atoms with Crippen molar-refractivity contribution in [2.75, 3.05) is 6.61 Å². The molecule has 0 aliphatic heterocycles. The molecule has 1 heterocycles. The Kier molecular flexibility index (Phi) is 5.22. The van der Waals surface area contributed by atoms with E-state index < -0.39 is 0 Å². The van der Waals surface area contributed by atoms with Gasteiger partial charge in [0.05, 0.1) is 6.61 Å². The van der Waals surface area contributed by atoms with Crippen LogP contribution in [0, 0.1) is 0 Å². The van der Waals surface area contributed by atoms with Gasteiger partial charge in [0.1, 0.15) is 0 Å². The van der Waals surface area contributed by atoms with Crippen LogP contribution in [0.5, 0.6) is 0 Å². The number of halogens is 1. The molecule has 0 aliphatic rings. The quantitative estimate of drug-likeness (QED) is 0.871. The number of benzene rings is 1. The lowest BCUT2D eigenvalue weighted by atomic mass is 10.1. The normalized spacial score (nSPS) is 11.9. The lowest BCUT2D eigenvalue weighted by Gasteiger charge is -2.10. The third-order valence-electron chi connectivity index (χ3n) is 2.55. The van der Waals surface area contributed by atoms with Crippen molar-refractivity contribution in [1.82, 2.24) is 4.57 Å². The lowest BCUT2D eigenvalue weighted by Crippen LogP contribution is -2.26. The van der Waals surface area contributed by atoms with E-state index in [0.29, 0.717) is 6.42 Å². The van der Waals surface area contributed by atoms with E-state index in [-0.39, 0.29) is 25.1 Å². The van der Waals surface area contributed by atoms with E-state index in [9.17, 15) is 0 Å². The third-order valence-corrected chi connectivity index (χ3v) is 2.55. The van der Waals surface area contributed by atoms with Gasteiger partial charge in [-0.1, -0.05) is 12.1 Å². The molecule has 0 radical (unpaired) electrons. The number of aliphatic hydroxyl groups is 1. The van der Waals surface area contributed by atoms with Crippen molar-refractivity contribution in [3.8, 4) is 5.69 Å². The smallest absolute Gasteiger partial charge is 0.0585 e. The Balaban J connectivity index is 0.00000144. The van der Waals surface area contributed by atoms with Crippen LogP contribution >= 0.6 is 12.4 Å². The Morgan fingerprint density at radius 1 is 1.18 bits per heavy atom. The first-order chi connectivity index (χ1) is 7.79. The van der Waals surface area contributed by atoms with Gasteiger partial charge < -0.3 is 15.4 Å². The van der Waals surface area contributed by atoms with Crippen LogP contribution in [-0.2, 0) is 6.42 Å². The summed E-state index contributed by atoms with van der Waals surface area (Å²) in [5.41, 5.74) is 7.98. The monoisotopic (exact) mass is 252 g/mol. The highest BCUT2D eigenvalue weighted by atomic mass is 35.5. The fraction of sp³-hybridized carbons (Fsp3) is 0.231. The van der Waals surface area contributed by atoms with Gasteiger partial charge in [-0.25, -0.2) is 0 Å². The summed E-state index contributed by atoms with van der Waals surface area (Å²) < 4.78 is 2.05. The summed E-state index contributed by atoms with van der Waals surface area (Å²) in [6.07, 6.45) is 4.71. The summed E-state index contributed by atoms with van der Waals surface area (Å²) in [6.45, 7) is 0.0216. The van der Waals surface area contributed by atoms with Gasteiger partial charge in [0.2, 0.25) is 0 Å². The fourth-order valence-electron chi connectivity index (χ4n) is 1.72. The number of rotatable bonds is 4. The molecule has 1 atom stereocenters. The van der Waals surface area contributed by atoms with Gasteiger partial charge in [0.25, 0.3) is 0 Å². The number of hydrogen-bond donors (Lipinski definition) is 2. The first-order valence-corrected chi connectivity index (χ1v) is 5.38. The van der Waals surface area contributed by atoms with Gasteiger partial charge in [-0.3, -0.25) is 0 Å². The maximum atomic E-state index is 8.92. The van der Waals surface area contributed by atoms with Crippen molar-refractivity contribution < 1.29 is 5.11 Å². The number of nitrogens with two attached hydrogens (primary N) is 1. The van der Waals surface area contributed by atoms with E-state index in [4.69, 9.17) is 10.8 Å². The summed E-state index contributed by atoms with van der Waals surface area (Å²) >= 11 is 0. The Morgan fingerprint density at radius 2 is 1.88 bits per heavy atom. The van der Waals surface area contributed by atoms with Crippen LogP contribution in [0.3, 0.4) is 0 Å². The summed E-state index contributed by atoms with van der Waals surface area (Å²) in [7, 11) is 0. The predicted molar refractivity (Wildman–Crippen MR) is 71.8 cm³/mol. The maximum absolute atomic E-state index is 8.92. The zero-order valence-corrected chi connectivity index (χ0v) is 10.3. The summed E-state index contributed by atoms with van der Waals surface area (Å²) in [4.78, 5) is 0. The van der Waals surface area contributed by atoms with E-state index in [0.717, 1.165) is 11.3 Å². The van der Waals surface area contributed by atoms with E-state index in [2.05, 4.69) is 6.07 Å².